The Balaban J connectivity index is 1.79. The number of ether oxygens (including phenoxy) is 1. The van der Waals surface area contributed by atoms with Gasteiger partial charge in [0.25, 0.3) is 5.91 Å². The lowest BCUT2D eigenvalue weighted by Gasteiger charge is -2.20. The van der Waals surface area contributed by atoms with Crippen LogP contribution in [0.3, 0.4) is 0 Å². The quantitative estimate of drug-likeness (QED) is 0.903. The fraction of sp³-hybridized carbons (Fsp3) is 0.214. The summed E-state index contributed by atoms with van der Waals surface area (Å²) in [5.74, 6) is 0.602. The molecule has 1 atom stereocenters. The first-order chi connectivity index (χ1) is 9.22. The summed E-state index contributed by atoms with van der Waals surface area (Å²) in [6.07, 6.45) is 0. The van der Waals surface area contributed by atoms with E-state index in [1.165, 1.54) is 4.88 Å². The number of hydrogen-bond donors (Lipinski definition) is 2. The summed E-state index contributed by atoms with van der Waals surface area (Å²) in [7, 11) is 0. The first kappa shape index (κ1) is 12.0. The minimum atomic E-state index is -0.115. The Morgan fingerprint density at radius 2 is 2.32 bits per heavy atom. The Bertz CT molecular complexity index is 595. The molecule has 2 heterocycles. The highest BCUT2D eigenvalue weighted by Crippen LogP contribution is 2.32. The maximum Gasteiger partial charge on any atom is 0.262 e. The van der Waals surface area contributed by atoms with Crippen LogP contribution in [-0.4, -0.2) is 12.5 Å². The maximum atomic E-state index is 11.3. The number of amides is 1. The van der Waals surface area contributed by atoms with Crippen LogP contribution in [0, 0.1) is 0 Å². The number of carbonyl (C=O) groups excluding carboxylic acids is 1. The van der Waals surface area contributed by atoms with Gasteiger partial charge in [0.1, 0.15) is 5.75 Å². The highest BCUT2D eigenvalue weighted by molar-refractivity contribution is 7.10. The normalized spacial score (nSPS) is 15.1. The van der Waals surface area contributed by atoms with Crippen molar-refractivity contribution in [2.45, 2.75) is 13.0 Å². The molecule has 19 heavy (non-hydrogen) atoms. The zero-order valence-corrected chi connectivity index (χ0v) is 11.3. The lowest BCUT2D eigenvalue weighted by Crippen LogP contribution is -2.25. The summed E-state index contributed by atoms with van der Waals surface area (Å²) in [5, 5.41) is 8.28. The van der Waals surface area contributed by atoms with E-state index in [0.717, 1.165) is 11.4 Å². The molecule has 4 nitrogen and oxygen atoms in total. The Hall–Kier alpha value is -2.01. The Labute approximate surface area is 115 Å². The van der Waals surface area contributed by atoms with E-state index in [-0.39, 0.29) is 18.6 Å². The van der Waals surface area contributed by atoms with Gasteiger partial charge in [-0.3, -0.25) is 4.79 Å². The average Bonchev–Trinajstić information content (AvgIpc) is 2.92. The molecule has 0 bridgehead atoms. The van der Waals surface area contributed by atoms with Gasteiger partial charge in [-0.15, -0.1) is 11.3 Å². The SMILES string of the molecule is CC(Nc1ccc2c(c1)NC(=O)CO2)c1cccs1. The van der Waals surface area contributed by atoms with Gasteiger partial charge in [0, 0.05) is 10.6 Å². The van der Waals surface area contributed by atoms with Gasteiger partial charge in [-0.25, -0.2) is 0 Å². The Morgan fingerprint density at radius 3 is 3.11 bits per heavy atom. The molecule has 98 valence electrons. The molecule has 3 rings (SSSR count). The zero-order chi connectivity index (χ0) is 13.2. The zero-order valence-electron chi connectivity index (χ0n) is 10.5. The van der Waals surface area contributed by atoms with E-state index >= 15 is 0 Å². The molecule has 0 radical (unpaired) electrons. The van der Waals surface area contributed by atoms with Crippen LogP contribution in [0.1, 0.15) is 17.8 Å². The van der Waals surface area contributed by atoms with Crippen LogP contribution in [0.25, 0.3) is 0 Å². The molecule has 1 aromatic carbocycles. The minimum Gasteiger partial charge on any atom is -0.482 e. The summed E-state index contributed by atoms with van der Waals surface area (Å²) in [4.78, 5) is 12.6. The molecule has 0 aliphatic carbocycles. The monoisotopic (exact) mass is 274 g/mol. The van der Waals surface area contributed by atoms with Crippen molar-refractivity contribution in [3.8, 4) is 5.75 Å². The Morgan fingerprint density at radius 1 is 1.42 bits per heavy atom. The van der Waals surface area contributed by atoms with Gasteiger partial charge in [-0.05, 0) is 36.6 Å². The van der Waals surface area contributed by atoms with E-state index in [9.17, 15) is 4.79 Å². The van der Waals surface area contributed by atoms with Crippen LogP contribution in [0.2, 0.25) is 0 Å². The Kier molecular flexibility index (Phi) is 3.13. The first-order valence-electron chi connectivity index (χ1n) is 6.09. The highest BCUT2D eigenvalue weighted by atomic mass is 32.1. The predicted molar refractivity (Wildman–Crippen MR) is 76.9 cm³/mol. The van der Waals surface area contributed by atoms with Gasteiger partial charge < -0.3 is 15.4 Å². The van der Waals surface area contributed by atoms with Crippen molar-refractivity contribution in [3.63, 3.8) is 0 Å². The fourth-order valence-corrected chi connectivity index (χ4v) is 2.77. The van der Waals surface area contributed by atoms with Crippen LogP contribution in [0.15, 0.2) is 35.7 Å². The third-order valence-electron chi connectivity index (χ3n) is 2.97. The number of anilines is 2. The lowest BCUT2D eigenvalue weighted by molar-refractivity contribution is -0.118. The van der Waals surface area contributed by atoms with Crippen molar-refractivity contribution in [3.05, 3.63) is 40.6 Å². The number of hydrogen-bond acceptors (Lipinski definition) is 4. The van der Waals surface area contributed by atoms with Gasteiger partial charge >= 0.3 is 0 Å². The van der Waals surface area contributed by atoms with Crippen LogP contribution in [-0.2, 0) is 4.79 Å². The van der Waals surface area contributed by atoms with Gasteiger partial charge in [0.2, 0.25) is 0 Å². The van der Waals surface area contributed by atoms with Gasteiger partial charge in [0.15, 0.2) is 6.61 Å². The van der Waals surface area contributed by atoms with Crippen LogP contribution in [0.5, 0.6) is 5.75 Å². The van der Waals surface area contributed by atoms with E-state index in [2.05, 4.69) is 29.0 Å². The molecule has 1 amide bonds. The van der Waals surface area contributed by atoms with E-state index in [4.69, 9.17) is 4.74 Å². The molecule has 1 aliphatic rings. The van der Waals surface area contributed by atoms with Crippen molar-refractivity contribution < 1.29 is 9.53 Å². The van der Waals surface area contributed by atoms with Crippen molar-refractivity contribution >= 4 is 28.6 Å². The molecule has 0 fully saturated rings. The second kappa shape index (κ2) is 4.93. The molecule has 0 spiro atoms. The molecule has 1 aromatic heterocycles. The van der Waals surface area contributed by atoms with Crippen LogP contribution >= 0.6 is 11.3 Å². The molecule has 0 saturated carbocycles. The maximum absolute atomic E-state index is 11.3. The van der Waals surface area contributed by atoms with Crippen molar-refractivity contribution in [2.75, 3.05) is 17.2 Å². The number of rotatable bonds is 3. The fourth-order valence-electron chi connectivity index (χ4n) is 2.03. The number of benzene rings is 1. The molecular formula is C14H14N2O2S. The topological polar surface area (TPSA) is 50.4 Å². The predicted octanol–water partition coefficient (Wildman–Crippen LogP) is 3.25. The lowest BCUT2D eigenvalue weighted by atomic mass is 10.2. The number of thiophene rings is 1. The summed E-state index contributed by atoms with van der Waals surface area (Å²) in [6, 6.07) is 10.1. The van der Waals surface area contributed by atoms with Crippen molar-refractivity contribution in [1.82, 2.24) is 0 Å². The minimum absolute atomic E-state index is 0.0887. The van der Waals surface area contributed by atoms with E-state index in [1.807, 2.05) is 24.3 Å². The summed E-state index contributed by atoms with van der Waals surface area (Å²) >= 11 is 1.72. The number of fused-ring (bicyclic) bond motifs is 1. The molecule has 1 aliphatic heterocycles. The van der Waals surface area contributed by atoms with Gasteiger partial charge in [-0.2, -0.15) is 0 Å². The van der Waals surface area contributed by atoms with Gasteiger partial charge in [-0.1, -0.05) is 6.07 Å². The van der Waals surface area contributed by atoms with Crippen LogP contribution in [0.4, 0.5) is 11.4 Å². The number of nitrogens with one attached hydrogen (secondary N) is 2. The van der Waals surface area contributed by atoms with Crippen LogP contribution < -0.4 is 15.4 Å². The summed E-state index contributed by atoms with van der Waals surface area (Å²) in [5.41, 5.74) is 1.69. The molecule has 0 saturated heterocycles. The van der Waals surface area contributed by atoms with E-state index in [1.54, 1.807) is 11.3 Å². The van der Waals surface area contributed by atoms with Gasteiger partial charge in [0.05, 0.1) is 11.7 Å². The summed E-state index contributed by atoms with van der Waals surface area (Å²) < 4.78 is 5.33. The molecule has 1 unspecified atom stereocenters. The smallest absolute Gasteiger partial charge is 0.262 e. The molecule has 2 N–H and O–H groups in total. The third kappa shape index (κ3) is 2.56. The molecule has 2 aromatic rings. The standard InChI is InChI=1S/C14H14N2O2S/c1-9(13-3-2-6-19-13)15-10-4-5-12-11(7-10)16-14(17)8-18-12/h2-7,9,15H,8H2,1H3,(H,16,17). The van der Waals surface area contributed by atoms with Crippen molar-refractivity contribution in [2.24, 2.45) is 0 Å². The second-order valence-electron chi connectivity index (χ2n) is 4.43. The van der Waals surface area contributed by atoms with E-state index in [0.29, 0.717) is 5.75 Å². The first-order valence-corrected chi connectivity index (χ1v) is 6.97. The largest absolute Gasteiger partial charge is 0.482 e. The highest BCUT2D eigenvalue weighted by Gasteiger charge is 2.16. The van der Waals surface area contributed by atoms with Crippen molar-refractivity contribution in [1.29, 1.82) is 0 Å². The van der Waals surface area contributed by atoms with E-state index < -0.39 is 0 Å². The third-order valence-corrected chi connectivity index (χ3v) is 4.02. The number of carbonyl (C=O) groups is 1. The summed E-state index contributed by atoms with van der Waals surface area (Å²) in [6.45, 7) is 2.20. The molecular weight excluding hydrogens is 260 g/mol. The molecule has 5 heteroatoms. The second-order valence-corrected chi connectivity index (χ2v) is 5.41. The average molecular weight is 274 g/mol.